The minimum atomic E-state index is 0.263. The topological polar surface area (TPSA) is 40.6 Å². The molecule has 3 aromatic carbocycles. The summed E-state index contributed by atoms with van der Waals surface area (Å²) in [7, 11) is 1.68. The molecule has 0 spiro atoms. The molecule has 0 radical (unpaired) electrons. The lowest BCUT2D eigenvalue weighted by molar-refractivity contribution is 0.174. The van der Waals surface area contributed by atoms with E-state index in [-0.39, 0.29) is 6.79 Å². The van der Waals surface area contributed by atoms with Gasteiger partial charge >= 0.3 is 0 Å². The molecule has 0 saturated heterocycles. The van der Waals surface area contributed by atoms with Gasteiger partial charge in [0.25, 0.3) is 0 Å². The van der Waals surface area contributed by atoms with Crippen molar-refractivity contribution in [2.24, 2.45) is 0 Å². The highest BCUT2D eigenvalue weighted by Gasteiger charge is 2.16. The Hall–Kier alpha value is -3.53. The van der Waals surface area contributed by atoms with Gasteiger partial charge in [-0.15, -0.1) is 0 Å². The molecule has 4 nitrogen and oxygen atoms in total. The molecule has 0 atom stereocenters. The van der Waals surface area contributed by atoms with Crippen molar-refractivity contribution in [3.63, 3.8) is 0 Å². The van der Waals surface area contributed by atoms with Crippen molar-refractivity contribution in [1.82, 2.24) is 4.98 Å². The molecule has 0 saturated carbocycles. The Labute approximate surface area is 157 Å². The number of ether oxygens (including phenoxy) is 3. The normalized spacial score (nSPS) is 12.3. The fourth-order valence-corrected chi connectivity index (χ4v) is 3.39. The number of nitrogens with zero attached hydrogens (tertiary/aromatic N) is 1. The first-order valence-corrected chi connectivity index (χ1v) is 8.76. The van der Waals surface area contributed by atoms with Crippen LogP contribution < -0.4 is 14.2 Å². The van der Waals surface area contributed by atoms with Crippen molar-refractivity contribution in [3.05, 3.63) is 72.8 Å². The van der Waals surface area contributed by atoms with E-state index in [1.165, 1.54) is 0 Å². The molecule has 4 heteroatoms. The highest BCUT2D eigenvalue weighted by molar-refractivity contribution is 5.97. The van der Waals surface area contributed by atoms with Crippen LogP contribution in [-0.2, 0) is 0 Å². The lowest BCUT2D eigenvalue weighted by Crippen LogP contribution is -1.93. The number of methoxy groups -OCH3 is 1. The molecule has 0 bridgehead atoms. The van der Waals surface area contributed by atoms with E-state index >= 15 is 0 Å². The van der Waals surface area contributed by atoms with E-state index in [4.69, 9.17) is 19.2 Å². The van der Waals surface area contributed by atoms with Crippen molar-refractivity contribution in [1.29, 1.82) is 0 Å². The summed E-state index contributed by atoms with van der Waals surface area (Å²) >= 11 is 0. The van der Waals surface area contributed by atoms with Crippen molar-refractivity contribution >= 4 is 10.9 Å². The van der Waals surface area contributed by atoms with Crippen LogP contribution >= 0.6 is 0 Å². The highest BCUT2D eigenvalue weighted by atomic mass is 16.7. The Balaban J connectivity index is 1.75. The van der Waals surface area contributed by atoms with Gasteiger partial charge in [0.2, 0.25) is 6.79 Å². The van der Waals surface area contributed by atoms with Gasteiger partial charge in [-0.05, 0) is 53.6 Å². The molecule has 0 fully saturated rings. The summed E-state index contributed by atoms with van der Waals surface area (Å²) in [5.74, 6) is 2.34. The molecular weight excluding hydrogens is 338 g/mol. The van der Waals surface area contributed by atoms with Gasteiger partial charge in [0, 0.05) is 10.9 Å². The van der Waals surface area contributed by atoms with E-state index in [9.17, 15) is 0 Å². The van der Waals surface area contributed by atoms with Gasteiger partial charge in [-0.25, -0.2) is 4.98 Å². The van der Waals surface area contributed by atoms with Crippen LogP contribution in [0.15, 0.2) is 72.8 Å². The third-order valence-corrected chi connectivity index (χ3v) is 4.77. The summed E-state index contributed by atoms with van der Waals surface area (Å²) in [5.41, 5.74) is 5.07. The molecule has 0 N–H and O–H groups in total. The Kier molecular flexibility index (Phi) is 3.68. The molecule has 0 aliphatic carbocycles. The summed E-state index contributed by atoms with van der Waals surface area (Å²) in [5, 5.41) is 1.06. The lowest BCUT2D eigenvalue weighted by atomic mass is 9.98. The lowest BCUT2D eigenvalue weighted by Gasteiger charge is -2.12. The summed E-state index contributed by atoms with van der Waals surface area (Å²) in [4.78, 5) is 4.88. The molecule has 1 aliphatic rings. The zero-order chi connectivity index (χ0) is 18.2. The van der Waals surface area contributed by atoms with Crippen molar-refractivity contribution < 1.29 is 14.2 Å². The largest absolute Gasteiger partial charge is 0.497 e. The highest BCUT2D eigenvalue weighted by Crippen LogP contribution is 2.38. The number of rotatable bonds is 3. The first kappa shape index (κ1) is 15.7. The maximum atomic E-state index is 5.53. The first-order valence-electron chi connectivity index (χ1n) is 8.76. The molecule has 1 aromatic heterocycles. The SMILES string of the molecule is COc1ccc2nc(-c3ccc4c(c3)OCO4)cc(-c3ccccc3)c2c1. The van der Waals surface area contributed by atoms with E-state index in [2.05, 4.69) is 18.2 Å². The number of benzene rings is 3. The van der Waals surface area contributed by atoms with E-state index in [0.29, 0.717) is 0 Å². The predicted octanol–water partition coefficient (Wildman–Crippen LogP) is 5.31. The molecule has 4 aromatic rings. The molecular formula is C23H17NO3. The van der Waals surface area contributed by atoms with E-state index in [1.807, 2.05) is 54.6 Å². The maximum Gasteiger partial charge on any atom is 0.231 e. The Morgan fingerprint density at radius 1 is 0.815 bits per heavy atom. The number of hydrogen-bond acceptors (Lipinski definition) is 4. The summed E-state index contributed by atoms with van der Waals surface area (Å²) < 4.78 is 16.4. The molecule has 132 valence electrons. The number of hydrogen-bond donors (Lipinski definition) is 0. The van der Waals surface area contributed by atoms with Gasteiger partial charge in [0.05, 0.1) is 18.3 Å². The second kappa shape index (κ2) is 6.32. The third-order valence-electron chi connectivity index (χ3n) is 4.77. The smallest absolute Gasteiger partial charge is 0.231 e. The van der Waals surface area contributed by atoms with E-state index in [0.717, 1.165) is 50.5 Å². The molecule has 2 heterocycles. The Morgan fingerprint density at radius 3 is 2.52 bits per heavy atom. The zero-order valence-corrected chi connectivity index (χ0v) is 14.8. The molecule has 27 heavy (non-hydrogen) atoms. The zero-order valence-electron chi connectivity index (χ0n) is 14.8. The third kappa shape index (κ3) is 2.75. The van der Waals surface area contributed by atoms with Gasteiger partial charge in [0.15, 0.2) is 11.5 Å². The molecule has 5 rings (SSSR count). The standard InChI is InChI=1S/C23H17NO3/c1-25-17-8-9-20-19(12-17)18(15-5-3-2-4-6-15)13-21(24-20)16-7-10-22-23(11-16)27-14-26-22/h2-13H,14H2,1H3. The van der Waals surface area contributed by atoms with Crippen LogP contribution in [0.2, 0.25) is 0 Å². The van der Waals surface area contributed by atoms with Crippen LogP contribution in [0.3, 0.4) is 0 Å². The summed E-state index contributed by atoms with van der Waals surface area (Å²) in [6.45, 7) is 0.263. The van der Waals surface area contributed by atoms with Crippen LogP contribution in [0, 0.1) is 0 Å². The molecule has 0 amide bonds. The summed E-state index contributed by atoms with van der Waals surface area (Å²) in [6.07, 6.45) is 0. The maximum absolute atomic E-state index is 5.53. The van der Waals surface area contributed by atoms with Gasteiger partial charge < -0.3 is 14.2 Å². The van der Waals surface area contributed by atoms with Gasteiger partial charge in [-0.2, -0.15) is 0 Å². The van der Waals surface area contributed by atoms with E-state index < -0.39 is 0 Å². The van der Waals surface area contributed by atoms with Crippen molar-refractivity contribution in [2.75, 3.05) is 13.9 Å². The van der Waals surface area contributed by atoms with Gasteiger partial charge in [0.1, 0.15) is 5.75 Å². The van der Waals surface area contributed by atoms with Crippen LogP contribution in [0.5, 0.6) is 17.2 Å². The van der Waals surface area contributed by atoms with Crippen LogP contribution in [-0.4, -0.2) is 18.9 Å². The van der Waals surface area contributed by atoms with Crippen molar-refractivity contribution in [3.8, 4) is 39.6 Å². The van der Waals surface area contributed by atoms with Crippen LogP contribution in [0.1, 0.15) is 0 Å². The second-order valence-electron chi connectivity index (χ2n) is 6.37. The first-order chi connectivity index (χ1) is 13.3. The average molecular weight is 355 g/mol. The fourth-order valence-electron chi connectivity index (χ4n) is 3.39. The monoisotopic (exact) mass is 355 g/mol. The second-order valence-corrected chi connectivity index (χ2v) is 6.37. The van der Waals surface area contributed by atoms with Crippen LogP contribution in [0.4, 0.5) is 0 Å². The van der Waals surface area contributed by atoms with E-state index in [1.54, 1.807) is 7.11 Å². The number of aromatic nitrogens is 1. The molecule has 1 aliphatic heterocycles. The quantitative estimate of drug-likeness (QED) is 0.500. The number of pyridine rings is 1. The average Bonchev–Trinajstić information content (AvgIpc) is 3.21. The van der Waals surface area contributed by atoms with Crippen LogP contribution in [0.25, 0.3) is 33.3 Å². The Bertz CT molecular complexity index is 1140. The number of fused-ring (bicyclic) bond motifs is 2. The minimum absolute atomic E-state index is 0.263. The fraction of sp³-hybridized carbons (Fsp3) is 0.0870. The van der Waals surface area contributed by atoms with Crippen molar-refractivity contribution in [2.45, 2.75) is 0 Å². The minimum Gasteiger partial charge on any atom is -0.497 e. The summed E-state index contributed by atoms with van der Waals surface area (Å²) in [6, 6.07) is 24.3. The Morgan fingerprint density at radius 2 is 1.67 bits per heavy atom. The van der Waals surface area contributed by atoms with Gasteiger partial charge in [-0.3, -0.25) is 0 Å². The van der Waals surface area contributed by atoms with Gasteiger partial charge in [-0.1, -0.05) is 30.3 Å². The molecule has 0 unspecified atom stereocenters. The predicted molar refractivity (Wildman–Crippen MR) is 105 cm³/mol.